The first-order valence-corrected chi connectivity index (χ1v) is 18.7. The third kappa shape index (κ3) is 7.27. The minimum atomic E-state index is -0.564. The molecule has 0 aliphatic carbocycles. The number of hydrogen-bond acceptors (Lipinski definition) is 9. The predicted molar refractivity (Wildman–Crippen MR) is 201 cm³/mol. The number of rotatable bonds is 15. The first kappa shape index (κ1) is 35.8. The number of ether oxygens (including phenoxy) is 6. The van der Waals surface area contributed by atoms with Crippen molar-refractivity contribution in [2.45, 2.75) is 12.3 Å². The Labute approximate surface area is 316 Å². The zero-order valence-electron chi connectivity index (χ0n) is 26.1. The molecule has 3 fully saturated rings. The molecule has 254 valence electrons. The number of hydrogen-bond donors (Lipinski definition) is 3. The summed E-state index contributed by atoms with van der Waals surface area (Å²) in [6.45, 7) is 6.46. The van der Waals surface area contributed by atoms with Crippen LogP contribution >= 0.6 is 67.8 Å². The lowest BCUT2D eigenvalue weighted by Gasteiger charge is -2.39. The Morgan fingerprint density at radius 3 is 1.02 bits per heavy atom. The molecule has 47 heavy (non-hydrogen) atoms. The van der Waals surface area contributed by atoms with Crippen LogP contribution in [-0.2, 0) is 19.6 Å². The highest BCUT2D eigenvalue weighted by Crippen LogP contribution is 2.44. The van der Waals surface area contributed by atoms with E-state index in [4.69, 9.17) is 28.4 Å². The zero-order valence-corrected chi connectivity index (χ0v) is 32.6. The molecule has 3 aromatic rings. The SMILES string of the molecule is CC(c1ccc(OCC2(CO)COC2)c(I)c1)(c1ccc(OCC2(CO)COC2)c(I)c1)c1ccc(OCC2(CO)COC2)c(I)c1. The molecule has 9 nitrogen and oxygen atoms in total. The van der Waals surface area contributed by atoms with Crippen molar-refractivity contribution < 1.29 is 43.7 Å². The number of benzene rings is 3. The van der Waals surface area contributed by atoms with Crippen LogP contribution in [0.5, 0.6) is 17.2 Å². The number of aliphatic hydroxyl groups excluding tert-OH is 3. The van der Waals surface area contributed by atoms with Crippen LogP contribution in [0.2, 0.25) is 0 Å². The normalized spacial score (nSPS) is 19.2. The maximum Gasteiger partial charge on any atom is 0.132 e. The van der Waals surface area contributed by atoms with Crippen molar-refractivity contribution in [1.82, 2.24) is 0 Å². The van der Waals surface area contributed by atoms with Gasteiger partial charge in [-0.25, -0.2) is 0 Å². The van der Waals surface area contributed by atoms with Gasteiger partial charge in [0.1, 0.15) is 37.1 Å². The van der Waals surface area contributed by atoms with Crippen LogP contribution in [0.25, 0.3) is 0 Å². The van der Waals surface area contributed by atoms with Gasteiger partial charge in [0.15, 0.2) is 0 Å². The molecule has 3 N–H and O–H groups in total. The van der Waals surface area contributed by atoms with E-state index >= 15 is 0 Å². The summed E-state index contributed by atoms with van der Waals surface area (Å²) in [4.78, 5) is 0. The van der Waals surface area contributed by atoms with E-state index in [0.717, 1.165) is 44.6 Å². The molecule has 0 atom stereocenters. The summed E-state index contributed by atoms with van der Waals surface area (Å²) in [5, 5.41) is 29.6. The molecule has 0 spiro atoms. The smallest absolute Gasteiger partial charge is 0.132 e. The van der Waals surface area contributed by atoms with Crippen molar-refractivity contribution in [2.24, 2.45) is 16.2 Å². The van der Waals surface area contributed by atoms with E-state index in [0.29, 0.717) is 59.5 Å². The maximum absolute atomic E-state index is 9.86. The number of aliphatic hydroxyl groups is 3. The van der Waals surface area contributed by atoms with Crippen LogP contribution in [0, 0.1) is 27.0 Å². The van der Waals surface area contributed by atoms with E-state index < -0.39 is 5.41 Å². The van der Waals surface area contributed by atoms with Gasteiger partial charge in [-0.15, -0.1) is 0 Å². The van der Waals surface area contributed by atoms with Gasteiger partial charge in [0, 0.05) is 5.41 Å². The molecule has 6 rings (SSSR count). The average molecular weight is 984 g/mol. The quantitative estimate of drug-likeness (QED) is 0.143. The molecular formula is C35H39I3O9. The van der Waals surface area contributed by atoms with Gasteiger partial charge in [-0.05, 0) is 128 Å². The Hall–Kier alpha value is -0.990. The molecule has 0 unspecified atom stereocenters. The lowest BCUT2D eigenvalue weighted by molar-refractivity contribution is -0.153. The van der Waals surface area contributed by atoms with Crippen LogP contribution < -0.4 is 14.2 Å². The van der Waals surface area contributed by atoms with Crippen LogP contribution in [0.1, 0.15) is 23.6 Å². The molecule has 3 aliphatic heterocycles. The summed E-state index contributed by atoms with van der Waals surface area (Å²) in [5.41, 5.74) is 1.66. The monoisotopic (exact) mass is 984 g/mol. The molecule has 3 saturated heterocycles. The standard InChI is InChI=1S/C35H39I3O9/c1-32(23-2-5-29(26(36)8-23)45-20-33(11-39)14-42-15-33,24-3-6-30(27(37)9-24)46-21-34(12-40)16-43-17-34)25-4-7-31(28(38)10-25)47-22-35(13-41)18-44-19-35/h2-10,39-41H,11-22H2,1H3. The molecule has 0 bridgehead atoms. The van der Waals surface area contributed by atoms with Crippen LogP contribution in [0.15, 0.2) is 54.6 Å². The highest BCUT2D eigenvalue weighted by molar-refractivity contribution is 14.1. The Morgan fingerprint density at radius 1 is 0.553 bits per heavy atom. The highest BCUT2D eigenvalue weighted by Gasteiger charge is 2.41. The van der Waals surface area contributed by atoms with Crippen LogP contribution in [0.3, 0.4) is 0 Å². The Morgan fingerprint density at radius 2 is 0.830 bits per heavy atom. The number of halogens is 3. The van der Waals surface area contributed by atoms with Crippen molar-refractivity contribution >= 4 is 67.8 Å². The largest absolute Gasteiger partial charge is 0.492 e. The second-order valence-electron chi connectivity index (χ2n) is 13.4. The second kappa shape index (κ2) is 14.7. The van der Waals surface area contributed by atoms with Crippen molar-refractivity contribution in [3.05, 3.63) is 82.0 Å². The summed E-state index contributed by atoms with van der Waals surface area (Å²) in [7, 11) is 0. The van der Waals surface area contributed by atoms with Gasteiger partial charge in [0.05, 0.1) is 86.4 Å². The summed E-state index contributed by atoms with van der Waals surface area (Å²) in [5.74, 6) is 2.30. The van der Waals surface area contributed by atoms with E-state index in [2.05, 4.69) is 111 Å². The maximum atomic E-state index is 9.86. The van der Waals surface area contributed by atoms with Gasteiger partial charge in [-0.3, -0.25) is 0 Å². The molecule has 0 radical (unpaired) electrons. The van der Waals surface area contributed by atoms with Crippen molar-refractivity contribution in [1.29, 1.82) is 0 Å². The molecule has 3 aromatic carbocycles. The Balaban J connectivity index is 1.31. The van der Waals surface area contributed by atoms with Gasteiger partial charge in [-0.1, -0.05) is 18.2 Å². The Bertz CT molecular complexity index is 1370. The molecular weight excluding hydrogens is 945 g/mol. The van der Waals surface area contributed by atoms with Gasteiger partial charge < -0.3 is 43.7 Å². The molecule has 0 saturated carbocycles. The fourth-order valence-corrected chi connectivity index (χ4v) is 7.83. The van der Waals surface area contributed by atoms with E-state index in [9.17, 15) is 15.3 Å². The van der Waals surface area contributed by atoms with Gasteiger partial charge in [0.2, 0.25) is 0 Å². The van der Waals surface area contributed by atoms with E-state index in [-0.39, 0.29) is 36.1 Å². The third-order valence-corrected chi connectivity index (χ3v) is 12.1. The van der Waals surface area contributed by atoms with Gasteiger partial charge >= 0.3 is 0 Å². The summed E-state index contributed by atoms with van der Waals surface area (Å²) < 4.78 is 37.5. The zero-order chi connectivity index (χ0) is 33.3. The minimum absolute atomic E-state index is 0.0277. The average Bonchev–Trinajstić information content (AvgIpc) is 3.01. The van der Waals surface area contributed by atoms with E-state index in [1.807, 2.05) is 18.2 Å². The topological polar surface area (TPSA) is 116 Å². The highest BCUT2D eigenvalue weighted by atomic mass is 127. The first-order valence-electron chi connectivity index (χ1n) is 15.4. The van der Waals surface area contributed by atoms with Crippen LogP contribution in [0.4, 0.5) is 0 Å². The van der Waals surface area contributed by atoms with Crippen LogP contribution in [-0.4, -0.2) is 94.6 Å². The summed E-state index contributed by atoms with van der Waals surface area (Å²) >= 11 is 6.96. The van der Waals surface area contributed by atoms with Crippen molar-refractivity contribution in [2.75, 3.05) is 79.3 Å². The predicted octanol–water partition coefficient (Wildman–Crippen LogP) is 5.02. The summed E-state index contributed by atoms with van der Waals surface area (Å²) in [6.07, 6.45) is 0. The van der Waals surface area contributed by atoms with Crippen molar-refractivity contribution in [3.8, 4) is 17.2 Å². The Kier molecular flexibility index (Phi) is 11.2. The summed E-state index contributed by atoms with van der Waals surface area (Å²) in [6, 6.07) is 18.8. The lowest BCUT2D eigenvalue weighted by Crippen LogP contribution is -2.50. The van der Waals surface area contributed by atoms with E-state index in [1.165, 1.54) is 0 Å². The van der Waals surface area contributed by atoms with Gasteiger partial charge in [-0.2, -0.15) is 0 Å². The van der Waals surface area contributed by atoms with Gasteiger partial charge in [0.25, 0.3) is 0 Å². The molecule has 12 heteroatoms. The van der Waals surface area contributed by atoms with E-state index in [1.54, 1.807) is 0 Å². The molecule has 0 amide bonds. The first-order chi connectivity index (χ1) is 22.6. The molecule has 3 heterocycles. The molecule has 0 aromatic heterocycles. The van der Waals surface area contributed by atoms with Crippen molar-refractivity contribution in [3.63, 3.8) is 0 Å². The minimum Gasteiger partial charge on any atom is -0.492 e. The third-order valence-electron chi connectivity index (χ3n) is 9.58. The fourth-order valence-electron chi connectivity index (χ4n) is 5.81. The lowest BCUT2D eigenvalue weighted by atomic mass is 9.71. The molecule has 3 aliphatic rings. The fraction of sp³-hybridized carbons (Fsp3) is 0.486. The second-order valence-corrected chi connectivity index (χ2v) is 16.9.